The van der Waals surface area contributed by atoms with E-state index in [2.05, 4.69) is 10.2 Å². The lowest BCUT2D eigenvalue weighted by Gasteiger charge is -2.26. The van der Waals surface area contributed by atoms with Crippen molar-refractivity contribution in [3.63, 3.8) is 0 Å². The molecule has 1 saturated heterocycles. The second-order valence-electron chi connectivity index (χ2n) is 5.13. The SMILES string of the molecule is CCOC(=O)c1ccc(NCCN2CCCCC2)cc1. The third-order valence-electron chi connectivity index (χ3n) is 3.60. The smallest absolute Gasteiger partial charge is 0.338 e. The Balaban J connectivity index is 1.74. The molecule has 0 unspecified atom stereocenters. The standard InChI is InChI=1S/C16H24N2O2/c1-2-20-16(19)14-6-8-15(9-7-14)17-10-13-18-11-4-3-5-12-18/h6-9,17H,2-5,10-13H2,1H3. The fourth-order valence-electron chi connectivity index (χ4n) is 2.48. The van der Waals surface area contributed by atoms with Crippen LogP contribution in [0.1, 0.15) is 36.5 Å². The van der Waals surface area contributed by atoms with Crippen molar-refractivity contribution < 1.29 is 9.53 Å². The van der Waals surface area contributed by atoms with Crippen LogP contribution in [0.25, 0.3) is 0 Å². The lowest BCUT2D eigenvalue weighted by molar-refractivity contribution is 0.0526. The molecule has 2 rings (SSSR count). The lowest BCUT2D eigenvalue weighted by Crippen LogP contribution is -2.33. The van der Waals surface area contributed by atoms with Crippen molar-refractivity contribution in [3.05, 3.63) is 29.8 Å². The molecule has 0 saturated carbocycles. The Morgan fingerprint density at radius 2 is 1.90 bits per heavy atom. The Morgan fingerprint density at radius 1 is 1.20 bits per heavy atom. The molecule has 1 aromatic rings. The van der Waals surface area contributed by atoms with Crippen LogP contribution in [0.2, 0.25) is 0 Å². The maximum absolute atomic E-state index is 11.5. The first-order valence-corrected chi connectivity index (χ1v) is 7.53. The van der Waals surface area contributed by atoms with Crippen LogP contribution >= 0.6 is 0 Å². The largest absolute Gasteiger partial charge is 0.462 e. The zero-order chi connectivity index (χ0) is 14.2. The third-order valence-corrected chi connectivity index (χ3v) is 3.60. The minimum absolute atomic E-state index is 0.257. The summed E-state index contributed by atoms with van der Waals surface area (Å²) in [6.45, 7) is 6.70. The van der Waals surface area contributed by atoms with E-state index in [1.165, 1.54) is 32.4 Å². The summed E-state index contributed by atoms with van der Waals surface area (Å²) >= 11 is 0. The van der Waals surface area contributed by atoms with Crippen LogP contribution in [-0.2, 0) is 4.74 Å². The number of carbonyl (C=O) groups excluding carboxylic acids is 1. The number of nitrogens with zero attached hydrogens (tertiary/aromatic N) is 1. The number of likely N-dealkylation sites (tertiary alicyclic amines) is 1. The van der Waals surface area contributed by atoms with Gasteiger partial charge in [0.25, 0.3) is 0 Å². The van der Waals surface area contributed by atoms with E-state index in [9.17, 15) is 4.79 Å². The Hall–Kier alpha value is -1.55. The van der Waals surface area contributed by atoms with E-state index in [1.807, 2.05) is 19.1 Å². The predicted molar refractivity (Wildman–Crippen MR) is 81.2 cm³/mol. The molecule has 0 radical (unpaired) electrons. The van der Waals surface area contributed by atoms with Crippen molar-refractivity contribution in [1.29, 1.82) is 0 Å². The maximum Gasteiger partial charge on any atom is 0.338 e. The number of carbonyl (C=O) groups is 1. The number of nitrogens with one attached hydrogen (secondary N) is 1. The molecular formula is C16H24N2O2. The molecule has 0 bridgehead atoms. The Bertz CT molecular complexity index is 411. The van der Waals surface area contributed by atoms with Gasteiger partial charge in [-0.15, -0.1) is 0 Å². The average molecular weight is 276 g/mol. The molecule has 0 spiro atoms. The molecule has 110 valence electrons. The molecule has 20 heavy (non-hydrogen) atoms. The first kappa shape index (κ1) is 14.9. The highest BCUT2D eigenvalue weighted by molar-refractivity contribution is 5.89. The summed E-state index contributed by atoms with van der Waals surface area (Å²) in [5.41, 5.74) is 1.66. The summed E-state index contributed by atoms with van der Waals surface area (Å²) in [5, 5.41) is 3.40. The van der Waals surface area contributed by atoms with Crippen molar-refractivity contribution in [2.45, 2.75) is 26.2 Å². The summed E-state index contributed by atoms with van der Waals surface area (Å²) in [7, 11) is 0. The van der Waals surface area contributed by atoms with E-state index in [4.69, 9.17) is 4.74 Å². The van der Waals surface area contributed by atoms with Crippen LogP contribution in [-0.4, -0.2) is 43.7 Å². The van der Waals surface area contributed by atoms with Crippen LogP contribution in [0.3, 0.4) is 0 Å². The van der Waals surface area contributed by atoms with Gasteiger partial charge in [-0.2, -0.15) is 0 Å². The average Bonchev–Trinajstić information content (AvgIpc) is 2.49. The molecule has 0 aromatic heterocycles. The van der Waals surface area contributed by atoms with Crippen molar-refractivity contribution >= 4 is 11.7 Å². The molecule has 0 aliphatic carbocycles. The first-order valence-electron chi connectivity index (χ1n) is 7.53. The lowest BCUT2D eigenvalue weighted by atomic mass is 10.1. The van der Waals surface area contributed by atoms with Crippen LogP contribution < -0.4 is 5.32 Å². The topological polar surface area (TPSA) is 41.6 Å². The number of hydrogen-bond acceptors (Lipinski definition) is 4. The molecule has 0 atom stereocenters. The molecule has 1 N–H and O–H groups in total. The number of piperidine rings is 1. The normalized spacial score (nSPS) is 15.8. The van der Waals surface area contributed by atoms with Crippen LogP contribution in [0, 0.1) is 0 Å². The Kier molecular flexibility index (Phi) is 5.87. The van der Waals surface area contributed by atoms with Gasteiger partial charge in [-0.1, -0.05) is 6.42 Å². The summed E-state index contributed by atoms with van der Waals surface area (Å²) in [6, 6.07) is 7.48. The number of rotatable bonds is 6. The van der Waals surface area contributed by atoms with Crippen molar-refractivity contribution in [2.75, 3.05) is 38.1 Å². The first-order chi connectivity index (χ1) is 9.79. The molecule has 1 heterocycles. The zero-order valence-corrected chi connectivity index (χ0v) is 12.2. The van der Waals surface area contributed by atoms with Gasteiger partial charge in [-0.05, 0) is 57.1 Å². The van der Waals surface area contributed by atoms with Gasteiger partial charge in [0, 0.05) is 18.8 Å². The van der Waals surface area contributed by atoms with Gasteiger partial charge in [0.1, 0.15) is 0 Å². The summed E-state index contributed by atoms with van der Waals surface area (Å²) in [6.07, 6.45) is 4.03. The predicted octanol–water partition coefficient (Wildman–Crippen LogP) is 2.76. The van der Waals surface area contributed by atoms with Gasteiger partial charge < -0.3 is 15.0 Å². The second-order valence-corrected chi connectivity index (χ2v) is 5.13. The van der Waals surface area contributed by atoms with Gasteiger partial charge in [-0.25, -0.2) is 4.79 Å². The van der Waals surface area contributed by atoms with E-state index >= 15 is 0 Å². The highest BCUT2D eigenvalue weighted by Gasteiger charge is 2.09. The van der Waals surface area contributed by atoms with Crippen LogP contribution in [0.4, 0.5) is 5.69 Å². The van der Waals surface area contributed by atoms with E-state index in [-0.39, 0.29) is 5.97 Å². The van der Waals surface area contributed by atoms with Gasteiger partial charge in [0.15, 0.2) is 0 Å². The number of ether oxygens (including phenoxy) is 1. The summed E-state index contributed by atoms with van der Waals surface area (Å²) in [4.78, 5) is 14.0. The number of hydrogen-bond donors (Lipinski definition) is 1. The molecule has 1 aromatic carbocycles. The van der Waals surface area contributed by atoms with Crippen molar-refractivity contribution in [3.8, 4) is 0 Å². The summed E-state index contributed by atoms with van der Waals surface area (Å²) in [5.74, 6) is -0.257. The van der Waals surface area contributed by atoms with Gasteiger partial charge in [0.05, 0.1) is 12.2 Å². The fourth-order valence-corrected chi connectivity index (χ4v) is 2.48. The molecule has 1 fully saturated rings. The molecule has 1 aliphatic heterocycles. The molecule has 4 nitrogen and oxygen atoms in total. The Morgan fingerprint density at radius 3 is 2.55 bits per heavy atom. The van der Waals surface area contributed by atoms with E-state index in [0.29, 0.717) is 12.2 Å². The fraction of sp³-hybridized carbons (Fsp3) is 0.562. The molecular weight excluding hydrogens is 252 g/mol. The number of benzene rings is 1. The molecule has 1 aliphatic rings. The van der Waals surface area contributed by atoms with E-state index < -0.39 is 0 Å². The van der Waals surface area contributed by atoms with Gasteiger partial charge >= 0.3 is 5.97 Å². The molecule has 4 heteroatoms. The van der Waals surface area contributed by atoms with Crippen molar-refractivity contribution in [1.82, 2.24) is 4.90 Å². The third kappa shape index (κ3) is 4.53. The highest BCUT2D eigenvalue weighted by atomic mass is 16.5. The Labute approximate surface area is 121 Å². The van der Waals surface area contributed by atoms with Gasteiger partial charge in [-0.3, -0.25) is 0 Å². The van der Waals surface area contributed by atoms with E-state index in [1.54, 1.807) is 12.1 Å². The second kappa shape index (κ2) is 7.90. The van der Waals surface area contributed by atoms with E-state index in [0.717, 1.165) is 18.8 Å². The monoisotopic (exact) mass is 276 g/mol. The maximum atomic E-state index is 11.5. The minimum atomic E-state index is -0.257. The minimum Gasteiger partial charge on any atom is -0.462 e. The summed E-state index contributed by atoms with van der Waals surface area (Å²) < 4.78 is 4.96. The quantitative estimate of drug-likeness (QED) is 0.811. The number of anilines is 1. The number of esters is 1. The zero-order valence-electron chi connectivity index (χ0n) is 12.2. The molecule has 0 amide bonds. The van der Waals surface area contributed by atoms with Gasteiger partial charge in [0.2, 0.25) is 0 Å². The van der Waals surface area contributed by atoms with Crippen molar-refractivity contribution in [2.24, 2.45) is 0 Å². The highest BCUT2D eigenvalue weighted by Crippen LogP contribution is 2.11. The van der Waals surface area contributed by atoms with Crippen LogP contribution in [0.15, 0.2) is 24.3 Å². The van der Waals surface area contributed by atoms with Crippen LogP contribution in [0.5, 0.6) is 0 Å².